The number of piperazine rings is 1. The van der Waals surface area contributed by atoms with E-state index in [1.807, 2.05) is 0 Å². The summed E-state index contributed by atoms with van der Waals surface area (Å²) in [5.74, 6) is -0.199. The van der Waals surface area contributed by atoms with E-state index in [1.54, 1.807) is 46.7 Å². The third-order valence-electron chi connectivity index (χ3n) is 4.06. The predicted octanol–water partition coefficient (Wildman–Crippen LogP) is 1.18. The number of benzene rings is 1. The lowest BCUT2D eigenvalue weighted by Crippen LogP contribution is -2.50. The number of hydrogen-bond acceptors (Lipinski definition) is 5. The van der Waals surface area contributed by atoms with E-state index in [0.29, 0.717) is 28.4 Å². The highest BCUT2D eigenvalue weighted by molar-refractivity contribution is 7.91. The van der Waals surface area contributed by atoms with Crippen molar-refractivity contribution in [3.63, 3.8) is 0 Å². The van der Waals surface area contributed by atoms with Gasteiger partial charge in [-0.1, -0.05) is 18.2 Å². The number of carbonyl (C=O) groups excluding carboxylic acids is 1. The Morgan fingerprint density at radius 1 is 1.04 bits per heavy atom. The lowest BCUT2D eigenvalue weighted by atomic mass is 10.1. The van der Waals surface area contributed by atoms with Crippen LogP contribution in [-0.2, 0) is 10.0 Å². The van der Waals surface area contributed by atoms with Gasteiger partial charge in [0.15, 0.2) is 0 Å². The molecule has 1 saturated heterocycles. The third kappa shape index (κ3) is 3.58. The Morgan fingerprint density at radius 2 is 1.64 bits per heavy atom. The molecule has 1 aromatic carbocycles. The lowest BCUT2D eigenvalue weighted by molar-refractivity contribution is 0.0698. The average molecular weight is 378 g/mol. The van der Waals surface area contributed by atoms with Crippen molar-refractivity contribution in [2.75, 3.05) is 26.2 Å². The van der Waals surface area contributed by atoms with Crippen molar-refractivity contribution in [2.24, 2.45) is 5.73 Å². The first kappa shape index (κ1) is 17.6. The first-order chi connectivity index (χ1) is 11.9. The minimum absolute atomic E-state index is 0.0496. The summed E-state index contributed by atoms with van der Waals surface area (Å²) >= 11 is 1.19. The van der Waals surface area contributed by atoms with Crippen molar-refractivity contribution >= 4 is 33.1 Å². The van der Waals surface area contributed by atoms with Crippen LogP contribution in [0.4, 0.5) is 0 Å². The minimum atomic E-state index is -3.47. The highest BCUT2D eigenvalue weighted by Gasteiger charge is 2.30. The summed E-state index contributed by atoms with van der Waals surface area (Å²) in [5, 5.41) is 9.10. The van der Waals surface area contributed by atoms with E-state index in [0.717, 1.165) is 0 Å². The Bertz CT molecular complexity index is 869. The molecule has 7 nitrogen and oxygen atoms in total. The first-order valence-electron chi connectivity index (χ1n) is 7.67. The zero-order chi connectivity index (χ0) is 18.0. The molecule has 1 aromatic heterocycles. The van der Waals surface area contributed by atoms with Crippen LogP contribution in [0.15, 0.2) is 46.0 Å². The topological polar surface area (TPSA) is 108 Å². The SMILES string of the molecule is N=C(N)c1ccc(C(=O)N2CCN(S(=O)(=O)c3cccs3)CC2)cc1. The van der Waals surface area contributed by atoms with Gasteiger partial charge in [-0.25, -0.2) is 8.42 Å². The molecule has 2 aromatic rings. The Balaban J connectivity index is 1.66. The van der Waals surface area contributed by atoms with Crippen LogP contribution in [0.2, 0.25) is 0 Å². The van der Waals surface area contributed by atoms with Crippen molar-refractivity contribution in [2.45, 2.75) is 4.21 Å². The van der Waals surface area contributed by atoms with E-state index < -0.39 is 10.0 Å². The molecule has 1 aliphatic rings. The van der Waals surface area contributed by atoms with Crippen LogP contribution in [0.25, 0.3) is 0 Å². The lowest BCUT2D eigenvalue weighted by Gasteiger charge is -2.33. The minimum Gasteiger partial charge on any atom is -0.384 e. The van der Waals surface area contributed by atoms with E-state index in [2.05, 4.69) is 0 Å². The van der Waals surface area contributed by atoms with E-state index in [4.69, 9.17) is 11.1 Å². The fraction of sp³-hybridized carbons (Fsp3) is 0.250. The van der Waals surface area contributed by atoms with Gasteiger partial charge in [-0.3, -0.25) is 10.2 Å². The van der Waals surface area contributed by atoms with Gasteiger partial charge in [0.2, 0.25) is 0 Å². The smallest absolute Gasteiger partial charge is 0.253 e. The number of nitrogens with two attached hydrogens (primary N) is 1. The van der Waals surface area contributed by atoms with Crippen LogP contribution < -0.4 is 5.73 Å². The molecular weight excluding hydrogens is 360 g/mol. The van der Waals surface area contributed by atoms with Crippen LogP contribution in [0.5, 0.6) is 0 Å². The van der Waals surface area contributed by atoms with Crippen molar-refractivity contribution in [1.82, 2.24) is 9.21 Å². The summed E-state index contributed by atoms with van der Waals surface area (Å²) in [6, 6.07) is 9.83. The van der Waals surface area contributed by atoms with Gasteiger partial charge in [0.05, 0.1) is 0 Å². The Morgan fingerprint density at radius 3 is 2.16 bits per heavy atom. The molecule has 1 amide bonds. The summed E-state index contributed by atoms with van der Waals surface area (Å²) in [6.07, 6.45) is 0. The van der Waals surface area contributed by atoms with Crippen LogP contribution >= 0.6 is 11.3 Å². The third-order valence-corrected chi connectivity index (χ3v) is 7.33. The van der Waals surface area contributed by atoms with Crippen LogP contribution in [0.1, 0.15) is 15.9 Å². The van der Waals surface area contributed by atoms with Gasteiger partial charge in [0, 0.05) is 37.3 Å². The zero-order valence-corrected chi connectivity index (χ0v) is 15.0. The van der Waals surface area contributed by atoms with Crippen LogP contribution in [-0.4, -0.2) is 55.5 Å². The monoisotopic (exact) mass is 378 g/mol. The summed E-state index contributed by atoms with van der Waals surface area (Å²) in [6.45, 7) is 1.24. The van der Waals surface area contributed by atoms with E-state index in [1.165, 1.54) is 15.6 Å². The first-order valence-corrected chi connectivity index (χ1v) is 9.99. The van der Waals surface area contributed by atoms with Gasteiger partial charge in [-0.15, -0.1) is 11.3 Å². The molecular formula is C16H18N4O3S2. The standard InChI is InChI=1S/C16H18N4O3S2/c17-15(18)12-3-5-13(6-4-12)16(21)19-7-9-20(10-8-19)25(22,23)14-2-1-11-24-14/h1-6,11H,7-10H2,(H3,17,18). The van der Waals surface area contributed by atoms with E-state index >= 15 is 0 Å². The Kier molecular flexibility index (Phi) is 4.89. The maximum atomic E-state index is 12.5. The molecule has 0 bridgehead atoms. The van der Waals surface area contributed by atoms with Crippen LogP contribution in [0.3, 0.4) is 0 Å². The molecule has 3 rings (SSSR count). The molecule has 2 heterocycles. The fourth-order valence-corrected chi connectivity index (χ4v) is 5.21. The van der Waals surface area contributed by atoms with Gasteiger partial charge in [-0.05, 0) is 23.6 Å². The van der Waals surface area contributed by atoms with Crippen LogP contribution in [0, 0.1) is 5.41 Å². The second kappa shape index (κ2) is 6.95. The summed E-state index contributed by atoms with van der Waals surface area (Å²) < 4.78 is 26.7. The molecule has 1 aliphatic heterocycles. The highest BCUT2D eigenvalue weighted by atomic mass is 32.2. The largest absolute Gasteiger partial charge is 0.384 e. The molecule has 0 saturated carbocycles. The fourth-order valence-electron chi connectivity index (χ4n) is 2.64. The normalized spacial score (nSPS) is 15.9. The number of sulfonamides is 1. The Labute approximate surface area is 150 Å². The molecule has 1 fully saturated rings. The number of rotatable bonds is 4. The number of nitrogens with zero attached hydrogens (tertiary/aromatic N) is 2. The van der Waals surface area contributed by atoms with Gasteiger partial charge >= 0.3 is 0 Å². The molecule has 25 heavy (non-hydrogen) atoms. The van der Waals surface area contributed by atoms with Crippen molar-refractivity contribution in [1.29, 1.82) is 5.41 Å². The number of amides is 1. The molecule has 0 unspecified atom stereocenters. The van der Waals surface area contributed by atoms with Crippen molar-refractivity contribution < 1.29 is 13.2 Å². The number of nitrogens with one attached hydrogen (secondary N) is 1. The number of carbonyl (C=O) groups is 1. The van der Waals surface area contributed by atoms with Crippen molar-refractivity contribution in [3.8, 4) is 0 Å². The number of amidine groups is 1. The maximum absolute atomic E-state index is 12.5. The van der Waals surface area contributed by atoms with Gasteiger partial charge in [0.25, 0.3) is 15.9 Å². The zero-order valence-electron chi connectivity index (χ0n) is 13.4. The van der Waals surface area contributed by atoms with E-state index in [9.17, 15) is 13.2 Å². The maximum Gasteiger partial charge on any atom is 0.253 e. The van der Waals surface area contributed by atoms with E-state index in [-0.39, 0.29) is 24.8 Å². The molecule has 0 aliphatic carbocycles. The second-order valence-corrected chi connectivity index (χ2v) is 8.73. The summed E-state index contributed by atoms with van der Waals surface area (Å²) in [4.78, 5) is 14.2. The average Bonchev–Trinajstić information content (AvgIpc) is 3.17. The molecule has 0 spiro atoms. The van der Waals surface area contributed by atoms with Gasteiger partial charge in [-0.2, -0.15) is 4.31 Å². The molecule has 132 valence electrons. The van der Waals surface area contributed by atoms with Gasteiger partial charge in [0.1, 0.15) is 10.0 Å². The number of nitrogen functional groups attached to an aromatic ring is 1. The highest BCUT2D eigenvalue weighted by Crippen LogP contribution is 2.22. The molecule has 9 heteroatoms. The summed E-state index contributed by atoms with van der Waals surface area (Å²) in [5.41, 5.74) is 6.46. The Hall–Kier alpha value is -2.23. The quantitative estimate of drug-likeness (QED) is 0.615. The van der Waals surface area contributed by atoms with Crippen molar-refractivity contribution in [3.05, 3.63) is 52.9 Å². The molecule has 0 radical (unpaired) electrons. The van der Waals surface area contributed by atoms with Gasteiger partial charge < -0.3 is 10.6 Å². The second-order valence-electron chi connectivity index (χ2n) is 5.62. The molecule has 0 atom stereocenters. The number of thiophene rings is 1. The molecule has 3 N–H and O–H groups in total. The summed E-state index contributed by atoms with van der Waals surface area (Å²) in [7, 11) is -3.47. The number of hydrogen-bond donors (Lipinski definition) is 2. The predicted molar refractivity (Wildman–Crippen MR) is 96.4 cm³/mol.